The zero-order valence-corrected chi connectivity index (χ0v) is 21.8. The second kappa shape index (κ2) is 8.68. The molecule has 9 atom stereocenters. The summed E-state index contributed by atoms with van der Waals surface area (Å²) < 4.78 is 5.20. The number of rotatable bonds is 7. The molecule has 2 N–H and O–H groups in total. The molecule has 0 aliphatic heterocycles. The molecular weight excluding hydrogens is 396 g/mol. The number of hydrogen-bond acceptors (Lipinski definition) is 3. The molecule has 0 radical (unpaired) electrons. The van der Waals surface area contributed by atoms with E-state index in [1.807, 2.05) is 13.8 Å². The van der Waals surface area contributed by atoms with E-state index in [0.29, 0.717) is 23.4 Å². The summed E-state index contributed by atoms with van der Waals surface area (Å²) in [6.07, 6.45) is 15.0. The Labute approximate surface area is 197 Å². The van der Waals surface area contributed by atoms with Gasteiger partial charge in [-0.3, -0.25) is 0 Å². The molecular formula is C29H50O3. The van der Waals surface area contributed by atoms with Crippen LogP contribution in [0.1, 0.15) is 105 Å². The maximum Gasteiger partial charge on any atom is 0.0657 e. The maximum atomic E-state index is 10.8. The van der Waals surface area contributed by atoms with Crippen molar-refractivity contribution in [1.29, 1.82) is 0 Å². The van der Waals surface area contributed by atoms with Crippen molar-refractivity contribution in [2.24, 2.45) is 40.4 Å². The first-order valence-electron chi connectivity index (χ1n) is 13.6. The van der Waals surface area contributed by atoms with E-state index < -0.39 is 11.2 Å². The second-order valence-electron chi connectivity index (χ2n) is 13.4. The lowest BCUT2D eigenvalue weighted by Gasteiger charge is -2.59. The number of allylic oxidation sites excluding steroid dienone is 1. The van der Waals surface area contributed by atoms with E-state index in [9.17, 15) is 10.2 Å². The standard InChI is InChI=1S/C29H50O3/c1-20(11-13-26(2,30)17-18-32-6)23-9-10-24-22-8-7-21-19-27(3,31)15-16-28(21,4)25(22)12-14-29(23,24)5/h7,20,22-25,30-31H,8-19H2,1-6H3/t20-,22+,23-,24+,25+,26-,27+,28+,29-/m1/s1. The Morgan fingerprint density at radius 2 is 1.84 bits per heavy atom. The summed E-state index contributed by atoms with van der Waals surface area (Å²) in [5.74, 6) is 3.94. The highest BCUT2D eigenvalue weighted by Gasteiger charge is 2.59. The molecule has 0 saturated heterocycles. The Hall–Kier alpha value is -0.380. The second-order valence-corrected chi connectivity index (χ2v) is 13.4. The molecule has 0 spiro atoms. The van der Waals surface area contributed by atoms with Crippen molar-refractivity contribution in [3.05, 3.63) is 11.6 Å². The third-order valence-corrected chi connectivity index (χ3v) is 11.1. The first kappa shape index (κ1) is 24.7. The fraction of sp³-hybridized carbons (Fsp3) is 0.931. The van der Waals surface area contributed by atoms with Gasteiger partial charge >= 0.3 is 0 Å². The summed E-state index contributed by atoms with van der Waals surface area (Å²) in [5, 5.41) is 21.5. The van der Waals surface area contributed by atoms with Gasteiger partial charge in [-0.25, -0.2) is 0 Å². The van der Waals surface area contributed by atoms with Gasteiger partial charge in [0.15, 0.2) is 0 Å². The van der Waals surface area contributed by atoms with Crippen LogP contribution in [0.3, 0.4) is 0 Å². The van der Waals surface area contributed by atoms with Crippen LogP contribution in [-0.4, -0.2) is 35.1 Å². The Balaban J connectivity index is 1.45. The topological polar surface area (TPSA) is 49.7 Å². The van der Waals surface area contributed by atoms with Crippen molar-refractivity contribution < 1.29 is 14.9 Å². The Kier molecular flexibility index (Phi) is 6.71. The van der Waals surface area contributed by atoms with Crippen molar-refractivity contribution in [1.82, 2.24) is 0 Å². The molecule has 0 unspecified atom stereocenters. The predicted molar refractivity (Wildman–Crippen MR) is 131 cm³/mol. The Bertz CT molecular complexity index is 709. The molecule has 4 rings (SSSR count). The highest BCUT2D eigenvalue weighted by Crippen LogP contribution is 2.67. The molecule has 3 heteroatoms. The van der Waals surface area contributed by atoms with Crippen LogP contribution in [-0.2, 0) is 4.74 Å². The molecule has 0 aromatic rings. The van der Waals surface area contributed by atoms with Gasteiger partial charge in [-0.05, 0) is 125 Å². The van der Waals surface area contributed by atoms with Crippen molar-refractivity contribution in [2.45, 2.75) is 116 Å². The summed E-state index contributed by atoms with van der Waals surface area (Å²) in [4.78, 5) is 0. The van der Waals surface area contributed by atoms with Crippen LogP contribution in [0, 0.1) is 40.4 Å². The third kappa shape index (κ3) is 4.36. The molecule has 4 aliphatic carbocycles. The summed E-state index contributed by atoms with van der Waals surface area (Å²) in [6, 6.07) is 0. The van der Waals surface area contributed by atoms with Crippen LogP contribution in [0.5, 0.6) is 0 Å². The van der Waals surface area contributed by atoms with Crippen LogP contribution in [0.4, 0.5) is 0 Å². The van der Waals surface area contributed by atoms with Gasteiger partial charge in [0.2, 0.25) is 0 Å². The number of ether oxygens (including phenoxy) is 1. The van der Waals surface area contributed by atoms with E-state index in [1.165, 1.54) is 32.1 Å². The average molecular weight is 447 g/mol. The quantitative estimate of drug-likeness (QED) is 0.438. The van der Waals surface area contributed by atoms with Gasteiger partial charge in [0.05, 0.1) is 11.2 Å². The zero-order valence-electron chi connectivity index (χ0n) is 21.8. The molecule has 0 aromatic carbocycles. The monoisotopic (exact) mass is 446 g/mol. The smallest absolute Gasteiger partial charge is 0.0657 e. The highest BCUT2D eigenvalue weighted by atomic mass is 16.5. The zero-order chi connectivity index (χ0) is 23.4. The van der Waals surface area contributed by atoms with Crippen LogP contribution in [0.25, 0.3) is 0 Å². The highest BCUT2D eigenvalue weighted by molar-refractivity contribution is 5.26. The molecule has 184 valence electrons. The molecule has 0 amide bonds. The number of aliphatic hydroxyl groups is 2. The van der Waals surface area contributed by atoms with E-state index in [1.54, 1.807) is 12.7 Å². The van der Waals surface area contributed by atoms with Gasteiger partial charge in [0.1, 0.15) is 0 Å². The lowest BCUT2D eigenvalue weighted by atomic mass is 9.46. The minimum absolute atomic E-state index is 0.316. The third-order valence-electron chi connectivity index (χ3n) is 11.1. The first-order valence-corrected chi connectivity index (χ1v) is 13.6. The summed E-state index contributed by atoms with van der Waals surface area (Å²) in [6.45, 7) is 12.3. The van der Waals surface area contributed by atoms with E-state index in [2.05, 4.69) is 26.8 Å². The van der Waals surface area contributed by atoms with E-state index in [0.717, 1.165) is 62.2 Å². The Morgan fingerprint density at radius 1 is 1.09 bits per heavy atom. The van der Waals surface area contributed by atoms with Crippen LogP contribution < -0.4 is 0 Å². The lowest BCUT2D eigenvalue weighted by molar-refractivity contribution is -0.0717. The average Bonchev–Trinajstić information content (AvgIpc) is 3.08. The fourth-order valence-corrected chi connectivity index (χ4v) is 8.97. The molecule has 0 bridgehead atoms. The van der Waals surface area contributed by atoms with Gasteiger partial charge in [-0.15, -0.1) is 0 Å². The first-order chi connectivity index (χ1) is 14.9. The maximum absolute atomic E-state index is 10.8. The molecule has 32 heavy (non-hydrogen) atoms. The number of fused-ring (bicyclic) bond motifs is 5. The summed E-state index contributed by atoms with van der Waals surface area (Å²) >= 11 is 0. The molecule has 4 aliphatic rings. The predicted octanol–water partition coefficient (Wildman–Crippen LogP) is 6.52. The molecule has 0 heterocycles. The number of hydrogen-bond donors (Lipinski definition) is 2. The minimum Gasteiger partial charge on any atom is -0.390 e. The molecule has 0 aromatic heterocycles. The van der Waals surface area contributed by atoms with Crippen molar-refractivity contribution in [2.75, 3.05) is 13.7 Å². The number of methoxy groups -OCH3 is 1. The van der Waals surface area contributed by atoms with Crippen molar-refractivity contribution >= 4 is 0 Å². The summed E-state index contributed by atoms with van der Waals surface area (Å²) in [7, 11) is 1.72. The van der Waals surface area contributed by atoms with E-state index >= 15 is 0 Å². The van der Waals surface area contributed by atoms with Crippen LogP contribution in [0.15, 0.2) is 11.6 Å². The molecule has 3 fully saturated rings. The SMILES string of the molecule is COCC[C@](C)(O)CC[C@@H](C)[C@H]1CC[C@H]2[C@@H]3CC=C4C[C@@](C)(O)CC[C@]4(C)[C@H]3CC[C@]12C. The fourth-order valence-electron chi connectivity index (χ4n) is 8.97. The van der Waals surface area contributed by atoms with E-state index in [4.69, 9.17) is 4.74 Å². The molecule has 3 nitrogen and oxygen atoms in total. The van der Waals surface area contributed by atoms with Crippen LogP contribution >= 0.6 is 0 Å². The van der Waals surface area contributed by atoms with Gasteiger partial charge in [0.25, 0.3) is 0 Å². The van der Waals surface area contributed by atoms with Gasteiger partial charge in [-0.1, -0.05) is 32.4 Å². The summed E-state index contributed by atoms with van der Waals surface area (Å²) in [5.41, 5.74) is 1.23. The van der Waals surface area contributed by atoms with Crippen LogP contribution in [0.2, 0.25) is 0 Å². The van der Waals surface area contributed by atoms with Gasteiger partial charge in [0, 0.05) is 13.7 Å². The molecule has 3 saturated carbocycles. The van der Waals surface area contributed by atoms with Crippen molar-refractivity contribution in [3.63, 3.8) is 0 Å². The van der Waals surface area contributed by atoms with Gasteiger partial charge < -0.3 is 14.9 Å². The van der Waals surface area contributed by atoms with Crippen molar-refractivity contribution in [3.8, 4) is 0 Å². The largest absolute Gasteiger partial charge is 0.390 e. The Morgan fingerprint density at radius 3 is 2.56 bits per heavy atom. The van der Waals surface area contributed by atoms with E-state index in [-0.39, 0.29) is 0 Å². The lowest BCUT2D eigenvalue weighted by Crippen LogP contribution is -2.52. The van der Waals surface area contributed by atoms with Gasteiger partial charge in [-0.2, -0.15) is 0 Å². The minimum atomic E-state index is -0.609. The normalized spacial score (nSPS) is 46.4.